The average Bonchev–Trinajstić information content (AvgIpc) is 3.03. The van der Waals surface area contributed by atoms with Crippen molar-refractivity contribution in [3.8, 4) is 17.2 Å². The number of carbonyl (C=O) groups excluding carboxylic acids is 1. The second-order valence-corrected chi connectivity index (χ2v) is 7.56. The Bertz CT molecular complexity index is 869. The molecule has 0 aromatic heterocycles. The van der Waals surface area contributed by atoms with Crippen molar-refractivity contribution in [3.05, 3.63) is 48.0 Å². The molecule has 0 radical (unpaired) electrons. The molecule has 2 aliphatic heterocycles. The van der Waals surface area contributed by atoms with E-state index in [1.165, 1.54) is 5.69 Å². The summed E-state index contributed by atoms with van der Waals surface area (Å²) in [4.78, 5) is 15.2. The molecule has 154 valence electrons. The maximum absolute atomic E-state index is 12.7. The van der Waals surface area contributed by atoms with Crippen LogP contribution in [0.2, 0.25) is 0 Å². The van der Waals surface area contributed by atoms with Gasteiger partial charge in [-0.05, 0) is 43.2 Å². The van der Waals surface area contributed by atoms with Crippen LogP contribution in [-0.4, -0.2) is 45.5 Å². The first-order valence-electron chi connectivity index (χ1n) is 9.98. The fourth-order valence-corrected chi connectivity index (χ4v) is 4.60. The monoisotopic (exact) mass is 397 g/mol. The van der Waals surface area contributed by atoms with E-state index < -0.39 is 0 Å². The van der Waals surface area contributed by atoms with E-state index in [4.69, 9.17) is 18.9 Å². The minimum atomic E-state index is -0.315. The summed E-state index contributed by atoms with van der Waals surface area (Å²) in [7, 11) is 4.81. The number of anilines is 1. The topological polar surface area (TPSA) is 57.2 Å². The first kappa shape index (κ1) is 19.4. The summed E-state index contributed by atoms with van der Waals surface area (Å²) >= 11 is 0. The summed E-state index contributed by atoms with van der Waals surface area (Å²) in [6, 6.07) is 14.1. The van der Waals surface area contributed by atoms with Gasteiger partial charge in [0.05, 0.1) is 26.9 Å². The van der Waals surface area contributed by atoms with E-state index in [2.05, 4.69) is 17.0 Å². The van der Waals surface area contributed by atoms with Gasteiger partial charge >= 0.3 is 5.97 Å². The second kappa shape index (κ2) is 8.23. The van der Waals surface area contributed by atoms with Gasteiger partial charge in [0, 0.05) is 36.7 Å². The van der Waals surface area contributed by atoms with Crippen molar-refractivity contribution in [1.82, 2.24) is 0 Å². The lowest BCUT2D eigenvalue weighted by Crippen LogP contribution is -2.46. The van der Waals surface area contributed by atoms with Crippen molar-refractivity contribution in [1.29, 1.82) is 0 Å². The number of rotatable bonds is 6. The van der Waals surface area contributed by atoms with E-state index in [0.29, 0.717) is 29.1 Å². The molecule has 6 heteroatoms. The molecule has 3 atom stereocenters. The van der Waals surface area contributed by atoms with E-state index in [1.54, 1.807) is 39.5 Å². The molecule has 0 aliphatic carbocycles. The molecule has 29 heavy (non-hydrogen) atoms. The minimum absolute atomic E-state index is 0.0741. The number of ether oxygens (including phenoxy) is 4. The summed E-state index contributed by atoms with van der Waals surface area (Å²) in [5, 5.41) is 0. The number of methoxy groups -OCH3 is 3. The van der Waals surface area contributed by atoms with Gasteiger partial charge in [0.15, 0.2) is 11.5 Å². The SMILES string of the molecule is COc1cccc(N2C3CC[C@@H]2CC(OC(=O)c2ccc(OC)c(OC)c2)C3)c1. The predicted octanol–water partition coefficient (Wildman–Crippen LogP) is 4.07. The van der Waals surface area contributed by atoms with Gasteiger partial charge in [0.1, 0.15) is 11.9 Å². The van der Waals surface area contributed by atoms with Gasteiger partial charge in [-0.25, -0.2) is 4.79 Å². The Hall–Kier alpha value is -2.89. The standard InChI is InChI=1S/C23H27NO5/c1-26-19-6-4-5-16(12-19)24-17-8-9-18(24)14-20(13-17)29-23(25)15-7-10-21(27-2)22(11-15)28-3/h4-7,10-12,17-18,20H,8-9,13-14H2,1-3H3/t17-,18?,20?/m1/s1. The van der Waals surface area contributed by atoms with E-state index in [0.717, 1.165) is 31.4 Å². The van der Waals surface area contributed by atoms with Gasteiger partial charge in [-0.1, -0.05) is 6.07 Å². The van der Waals surface area contributed by atoms with Crippen LogP contribution in [0.3, 0.4) is 0 Å². The number of piperidine rings is 1. The van der Waals surface area contributed by atoms with Crippen LogP contribution in [0.1, 0.15) is 36.0 Å². The van der Waals surface area contributed by atoms with Gasteiger partial charge in [-0.3, -0.25) is 0 Å². The molecule has 0 saturated carbocycles. The van der Waals surface area contributed by atoms with Crippen molar-refractivity contribution < 1.29 is 23.7 Å². The van der Waals surface area contributed by atoms with Crippen LogP contribution in [-0.2, 0) is 4.74 Å². The molecule has 2 aromatic carbocycles. The number of hydrogen-bond donors (Lipinski definition) is 0. The van der Waals surface area contributed by atoms with Gasteiger partial charge in [-0.15, -0.1) is 0 Å². The fourth-order valence-electron chi connectivity index (χ4n) is 4.60. The van der Waals surface area contributed by atoms with Gasteiger partial charge < -0.3 is 23.8 Å². The zero-order valence-corrected chi connectivity index (χ0v) is 17.1. The van der Waals surface area contributed by atoms with Crippen molar-refractivity contribution in [2.24, 2.45) is 0 Å². The summed E-state index contributed by atoms with van der Waals surface area (Å²) in [6.45, 7) is 0. The van der Waals surface area contributed by atoms with Crippen molar-refractivity contribution in [2.45, 2.75) is 43.9 Å². The maximum atomic E-state index is 12.7. The van der Waals surface area contributed by atoms with Crippen LogP contribution in [0, 0.1) is 0 Å². The Balaban J connectivity index is 1.44. The highest BCUT2D eigenvalue weighted by Gasteiger charge is 2.42. The summed E-state index contributed by atoms with van der Waals surface area (Å²) in [6.07, 6.45) is 3.84. The summed E-state index contributed by atoms with van der Waals surface area (Å²) < 4.78 is 21.8. The van der Waals surface area contributed by atoms with Crippen LogP contribution < -0.4 is 19.1 Å². The normalized spacial score (nSPS) is 22.9. The molecule has 6 nitrogen and oxygen atoms in total. The van der Waals surface area contributed by atoms with Crippen LogP contribution >= 0.6 is 0 Å². The van der Waals surface area contributed by atoms with Crippen LogP contribution in [0.5, 0.6) is 17.2 Å². The van der Waals surface area contributed by atoms with E-state index in [1.807, 2.05) is 12.1 Å². The molecule has 0 spiro atoms. The lowest BCUT2D eigenvalue weighted by atomic mass is 9.98. The molecular weight excluding hydrogens is 370 g/mol. The predicted molar refractivity (Wildman–Crippen MR) is 110 cm³/mol. The molecule has 0 N–H and O–H groups in total. The minimum Gasteiger partial charge on any atom is -0.497 e. The molecule has 2 heterocycles. The van der Waals surface area contributed by atoms with Crippen LogP contribution in [0.25, 0.3) is 0 Å². The highest BCUT2D eigenvalue weighted by Crippen LogP contribution is 2.41. The third-order valence-electron chi connectivity index (χ3n) is 5.93. The first-order chi connectivity index (χ1) is 14.1. The zero-order valence-electron chi connectivity index (χ0n) is 17.1. The number of esters is 1. The summed E-state index contributed by atoms with van der Waals surface area (Å²) in [5.41, 5.74) is 1.66. The number of hydrogen-bond acceptors (Lipinski definition) is 6. The highest BCUT2D eigenvalue weighted by molar-refractivity contribution is 5.90. The lowest BCUT2D eigenvalue weighted by molar-refractivity contribution is 0.0204. The molecular formula is C23H27NO5. The Morgan fingerprint density at radius 1 is 0.897 bits per heavy atom. The van der Waals surface area contributed by atoms with Gasteiger partial charge in [0.2, 0.25) is 0 Å². The molecule has 2 bridgehead atoms. The fraction of sp³-hybridized carbons (Fsp3) is 0.435. The number of benzene rings is 2. The molecule has 0 amide bonds. The zero-order chi connectivity index (χ0) is 20.4. The Morgan fingerprint density at radius 3 is 2.28 bits per heavy atom. The largest absolute Gasteiger partial charge is 0.497 e. The van der Waals surface area contributed by atoms with E-state index >= 15 is 0 Å². The van der Waals surface area contributed by atoms with Crippen molar-refractivity contribution >= 4 is 11.7 Å². The van der Waals surface area contributed by atoms with Gasteiger partial charge in [-0.2, -0.15) is 0 Å². The molecule has 2 unspecified atom stereocenters. The average molecular weight is 397 g/mol. The molecule has 2 saturated heterocycles. The van der Waals surface area contributed by atoms with E-state index in [9.17, 15) is 4.79 Å². The Labute approximate surface area is 171 Å². The number of carbonyl (C=O) groups is 1. The first-order valence-corrected chi connectivity index (χ1v) is 9.98. The maximum Gasteiger partial charge on any atom is 0.338 e. The summed E-state index contributed by atoms with van der Waals surface area (Å²) in [5.74, 6) is 1.66. The lowest BCUT2D eigenvalue weighted by Gasteiger charge is -2.40. The number of nitrogens with zero attached hydrogens (tertiary/aromatic N) is 1. The van der Waals surface area contributed by atoms with Crippen LogP contribution in [0.4, 0.5) is 5.69 Å². The Morgan fingerprint density at radius 2 is 1.62 bits per heavy atom. The van der Waals surface area contributed by atoms with Crippen LogP contribution in [0.15, 0.2) is 42.5 Å². The Kier molecular flexibility index (Phi) is 5.51. The third-order valence-corrected chi connectivity index (χ3v) is 5.93. The van der Waals surface area contributed by atoms with E-state index in [-0.39, 0.29) is 12.1 Å². The second-order valence-electron chi connectivity index (χ2n) is 7.56. The molecule has 4 rings (SSSR count). The molecule has 2 aliphatic rings. The number of fused-ring (bicyclic) bond motifs is 2. The quantitative estimate of drug-likeness (QED) is 0.685. The van der Waals surface area contributed by atoms with Crippen molar-refractivity contribution in [2.75, 3.05) is 26.2 Å². The van der Waals surface area contributed by atoms with Crippen molar-refractivity contribution in [3.63, 3.8) is 0 Å². The third kappa shape index (κ3) is 3.84. The highest BCUT2D eigenvalue weighted by atomic mass is 16.5. The molecule has 2 aromatic rings. The smallest absolute Gasteiger partial charge is 0.338 e. The molecule has 2 fully saturated rings. The van der Waals surface area contributed by atoms with Gasteiger partial charge in [0.25, 0.3) is 0 Å².